The average molecular weight is 379 g/mol. The van der Waals surface area contributed by atoms with Crippen molar-refractivity contribution in [3.8, 4) is 5.75 Å². The molecule has 1 fully saturated rings. The van der Waals surface area contributed by atoms with Gasteiger partial charge in [-0.15, -0.1) is 0 Å². The molecule has 0 amide bonds. The number of hydrogen-bond donors (Lipinski definition) is 0. The van der Waals surface area contributed by atoms with Crippen molar-refractivity contribution in [2.24, 2.45) is 5.92 Å². The van der Waals surface area contributed by atoms with E-state index in [9.17, 15) is 19.7 Å². The second kappa shape index (κ2) is 8.83. The SMILES string of the molecule is COC(=O)C(C(=O)OC)C(c1ccc(OC)cc1)C1([N+](=O)[O-])CCCCC1. The fourth-order valence-corrected chi connectivity index (χ4v) is 4.02. The van der Waals surface area contributed by atoms with Crippen LogP contribution in [0, 0.1) is 16.0 Å². The van der Waals surface area contributed by atoms with E-state index in [0.717, 1.165) is 20.6 Å². The Morgan fingerprint density at radius 2 is 1.52 bits per heavy atom. The van der Waals surface area contributed by atoms with Crippen LogP contribution in [0.2, 0.25) is 0 Å². The van der Waals surface area contributed by atoms with Crippen LogP contribution in [0.1, 0.15) is 43.6 Å². The van der Waals surface area contributed by atoms with Crippen LogP contribution in [-0.2, 0) is 19.1 Å². The largest absolute Gasteiger partial charge is 0.497 e. The van der Waals surface area contributed by atoms with E-state index in [1.807, 2.05) is 0 Å². The minimum Gasteiger partial charge on any atom is -0.497 e. The van der Waals surface area contributed by atoms with E-state index in [-0.39, 0.29) is 17.8 Å². The van der Waals surface area contributed by atoms with Gasteiger partial charge < -0.3 is 14.2 Å². The molecule has 1 aromatic carbocycles. The molecule has 0 saturated heterocycles. The smallest absolute Gasteiger partial charge is 0.320 e. The van der Waals surface area contributed by atoms with Crippen molar-refractivity contribution >= 4 is 11.9 Å². The highest BCUT2D eigenvalue weighted by atomic mass is 16.6. The Morgan fingerprint density at radius 1 is 1.00 bits per heavy atom. The molecule has 0 aromatic heterocycles. The van der Waals surface area contributed by atoms with Gasteiger partial charge in [-0.05, 0) is 30.5 Å². The van der Waals surface area contributed by atoms with Crippen molar-refractivity contribution in [1.29, 1.82) is 0 Å². The summed E-state index contributed by atoms with van der Waals surface area (Å²) in [5, 5.41) is 12.2. The monoisotopic (exact) mass is 379 g/mol. The van der Waals surface area contributed by atoms with Crippen LogP contribution >= 0.6 is 0 Å². The molecule has 8 heteroatoms. The number of ether oxygens (including phenoxy) is 3. The third-order valence-corrected chi connectivity index (χ3v) is 5.38. The van der Waals surface area contributed by atoms with E-state index in [2.05, 4.69) is 0 Å². The molecule has 1 aliphatic rings. The molecule has 1 aromatic rings. The first kappa shape index (κ1) is 20.7. The lowest BCUT2D eigenvalue weighted by atomic mass is 9.65. The van der Waals surface area contributed by atoms with Gasteiger partial charge in [0.05, 0.1) is 27.2 Å². The fraction of sp³-hybridized carbons (Fsp3) is 0.579. The molecule has 2 rings (SSSR count). The Balaban J connectivity index is 2.66. The predicted octanol–water partition coefficient (Wildman–Crippen LogP) is 2.72. The van der Waals surface area contributed by atoms with Crippen LogP contribution in [0.25, 0.3) is 0 Å². The Kier molecular flexibility index (Phi) is 6.76. The van der Waals surface area contributed by atoms with Gasteiger partial charge in [0.25, 0.3) is 0 Å². The van der Waals surface area contributed by atoms with Gasteiger partial charge in [-0.2, -0.15) is 0 Å². The van der Waals surface area contributed by atoms with Crippen LogP contribution in [0.5, 0.6) is 5.75 Å². The second-order valence-electron chi connectivity index (χ2n) is 6.70. The number of hydrogen-bond acceptors (Lipinski definition) is 7. The number of carbonyl (C=O) groups excluding carboxylic acids is 2. The lowest BCUT2D eigenvalue weighted by molar-refractivity contribution is -0.581. The third kappa shape index (κ3) is 4.04. The van der Waals surface area contributed by atoms with Gasteiger partial charge in [-0.3, -0.25) is 19.7 Å². The van der Waals surface area contributed by atoms with Crippen LogP contribution in [0.3, 0.4) is 0 Å². The van der Waals surface area contributed by atoms with E-state index in [4.69, 9.17) is 14.2 Å². The number of carbonyl (C=O) groups is 2. The van der Waals surface area contributed by atoms with E-state index < -0.39 is 29.3 Å². The van der Waals surface area contributed by atoms with Crippen LogP contribution < -0.4 is 4.74 Å². The topological polar surface area (TPSA) is 105 Å². The van der Waals surface area contributed by atoms with E-state index >= 15 is 0 Å². The second-order valence-corrected chi connectivity index (χ2v) is 6.70. The molecule has 8 nitrogen and oxygen atoms in total. The maximum Gasteiger partial charge on any atom is 0.320 e. The zero-order valence-corrected chi connectivity index (χ0v) is 15.8. The van der Waals surface area contributed by atoms with Gasteiger partial charge in [-0.1, -0.05) is 18.6 Å². The average Bonchev–Trinajstić information content (AvgIpc) is 2.71. The van der Waals surface area contributed by atoms with Crippen molar-refractivity contribution in [3.05, 3.63) is 39.9 Å². The molecule has 27 heavy (non-hydrogen) atoms. The summed E-state index contributed by atoms with van der Waals surface area (Å²) < 4.78 is 14.8. The predicted molar refractivity (Wildman–Crippen MR) is 96.1 cm³/mol. The van der Waals surface area contributed by atoms with E-state index in [1.165, 1.54) is 7.11 Å². The van der Waals surface area contributed by atoms with E-state index in [1.54, 1.807) is 24.3 Å². The highest BCUT2D eigenvalue weighted by molar-refractivity contribution is 5.96. The molecular weight excluding hydrogens is 354 g/mol. The molecule has 1 aliphatic carbocycles. The van der Waals surface area contributed by atoms with Gasteiger partial charge in [0.1, 0.15) is 5.75 Å². The summed E-state index contributed by atoms with van der Waals surface area (Å²) in [7, 11) is 3.82. The molecule has 0 spiro atoms. The van der Waals surface area contributed by atoms with Crippen molar-refractivity contribution in [2.45, 2.75) is 43.6 Å². The van der Waals surface area contributed by atoms with Crippen molar-refractivity contribution in [1.82, 2.24) is 0 Å². The molecule has 1 atom stereocenters. The lowest BCUT2D eigenvalue weighted by Gasteiger charge is -2.38. The summed E-state index contributed by atoms with van der Waals surface area (Å²) in [5.41, 5.74) is -0.935. The highest BCUT2D eigenvalue weighted by Gasteiger charge is 2.58. The molecule has 0 N–H and O–H groups in total. The number of nitro groups is 1. The van der Waals surface area contributed by atoms with E-state index in [0.29, 0.717) is 24.2 Å². The Labute approximate surface area is 157 Å². The lowest BCUT2D eigenvalue weighted by Crippen LogP contribution is -2.52. The Morgan fingerprint density at radius 3 is 1.93 bits per heavy atom. The molecule has 0 heterocycles. The fourth-order valence-electron chi connectivity index (χ4n) is 4.02. The number of nitrogens with zero attached hydrogens (tertiary/aromatic N) is 1. The van der Waals surface area contributed by atoms with Crippen LogP contribution in [0.15, 0.2) is 24.3 Å². The first-order chi connectivity index (χ1) is 12.9. The molecule has 0 bridgehead atoms. The molecule has 148 valence electrons. The summed E-state index contributed by atoms with van der Waals surface area (Å²) in [6.45, 7) is 0. The number of esters is 2. The van der Waals surface area contributed by atoms with Gasteiger partial charge >= 0.3 is 11.9 Å². The Hall–Kier alpha value is -2.64. The zero-order valence-electron chi connectivity index (χ0n) is 15.8. The summed E-state index contributed by atoms with van der Waals surface area (Å²) in [4.78, 5) is 36.9. The molecular formula is C19H25NO7. The molecule has 1 saturated carbocycles. The number of rotatable bonds is 7. The maximum atomic E-state index is 12.5. The first-order valence-corrected chi connectivity index (χ1v) is 8.85. The van der Waals surface area contributed by atoms with Crippen LogP contribution in [-0.4, -0.2) is 43.7 Å². The quantitative estimate of drug-likeness (QED) is 0.310. The normalized spacial score (nSPS) is 17.0. The summed E-state index contributed by atoms with van der Waals surface area (Å²) >= 11 is 0. The Bertz CT molecular complexity index is 664. The summed E-state index contributed by atoms with van der Waals surface area (Å²) in [6, 6.07) is 6.62. The van der Waals surface area contributed by atoms with Gasteiger partial charge in [0.15, 0.2) is 5.92 Å². The number of methoxy groups -OCH3 is 3. The van der Waals surface area contributed by atoms with Crippen molar-refractivity contribution in [2.75, 3.05) is 21.3 Å². The first-order valence-electron chi connectivity index (χ1n) is 8.85. The van der Waals surface area contributed by atoms with Gasteiger partial charge in [-0.25, -0.2) is 0 Å². The summed E-state index contributed by atoms with van der Waals surface area (Å²) in [5.74, 6) is -3.52. The van der Waals surface area contributed by atoms with Crippen molar-refractivity contribution in [3.63, 3.8) is 0 Å². The molecule has 0 aliphatic heterocycles. The minimum atomic E-state index is -1.44. The summed E-state index contributed by atoms with van der Waals surface area (Å²) in [6.07, 6.45) is 2.75. The molecule has 1 unspecified atom stereocenters. The molecule has 0 radical (unpaired) electrons. The maximum absolute atomic E-state index is 12.5. The van der Waals surface area contributed by atoms with Crippen molar-refractivity contribution < 1.29 is 28.7 Å². The number of benzene rings is 1. The zero-order chi connectivity index (χ0) is 20.0. The standard InChI is InChI=1S/C19H25NO7/c1-25-14-9-7-13(8-10-14)16(15(17(21)26-2)18(22)27-3)19(20(23)24)11-5-4-6-12-19/h7-10,15-16H,4-6,11-12H2,1-3H3. The van der Waals surface area contributed by atoms with Gasteiger partial charge in [0, 0.05) is 17.8 Å². The highest BCUT2D eigenvalue weighted by Crippen LogP contribution is 2.47. The third-order valence-electron chi connectivity index (χ3n) is 5.38. The van der Waals surface area contributed by atoms with Gasteiger partial charge in [0.2, 0.25) is 5.54 Å². The van der Waals surface area contributed by atoms with Crippen LogP contribution in [0.4, 0.5) is 0 Å². The minimum absolute atomic E-state index is 0.279.